The molecule has 0 aliphatic carbocycles. The average molecular weight is 149 g/mol. The normalized spacial score (nSPS) is 16.9. The minimum atomic E-state index is -0.514. The lowest BCUT2D eigenvalue weighted by Gasteiger charge is -2.14. The molecule has 0 radical (unpaired) electrons. The van der Waals surface area contributed by atoms with Gasteiger partial charge in [0.1, 0.15) is 0 Å². The first-order valence-electron chi connectivity index (χ1n) is 2.67. The van der Waals surface area contributed by atoms with Gasteiger partial charge in [-0.2, -0.15) is 0 Å². The summed E-state index contributed by atoms with van der Waals surface area (Å²) in [4.78, 5) is 10.5. The van der Waals surface area contributed by atoms with Gasteiger partial charge in [0.25, 0.3) is 0 Å². The van der Waals surface area contributed by atoms with Gasteiger partial charge in [-0.15, -0.1) is 0 Å². The molecule has 9 heavy (non-hydrogen) atoms. The van der Waals surface area contributed by atoms with E-state index in [1.807, 2.05) is 9.24 Å². The van der Waals surface area contributed by atoms with Crippen LogP contribution in [0, 0.1) is 0 Å². The molecule has 0 aliphatic rings. The highest BCUT2D eigenvalue weighted by molar-refractivity contribution is 7.40. The van der Waals surface area contributed by atoms with Gasteiger partial charge in [-0.1, -0.05) is 9.24 Å². The quantitative estimate of drug-likeness (QED) is 0.563. The third-order valence-electron chi connectivity index (χ3n) is 1.21. The Labute approximate surface area is 57.1 Å². The Morgan fingerprint density at radius 3 is 2.33 bits per heavy atom. The van der Waals surface area contributed by atoms with Crippen LogP contribution in [0.1, 0.15) is 6.92 Å². The fourth-order valence-corrected chi connectivity index (χ4v) is 0.649. The summed E-state index contributed by atoms with van der Waals surface area (Å²) in [6, 6.07) is -0.514. The summed E-state index contributed by atoms with van der Waals surface area (Å²) in [5.74, 6) is 0. The zero-order chi connectivity index (χ0) is 7.44. The maximum Gasteiger partial charge on any atom is 0.167 e. The molecule has 0 saturated carbocycles. The first-order valence-corrected chi connectivity index (χ1v) is 3.25. The van der Waals surface area contributed by atoms with E-state index in [1.54, 1.807) is 6.92 Å². The van der Waals surface area contributed by atoms with Gasteiger partial charge in [0.2, 0.25) is 0 Å². The van der Waals surface area contributed by atoms with Crippen LogP contribution >= 0.6 is 9.24 Å². The molecule has 0 aliphatic heterocycles. The van der Waals surface area contributed by atoms with Gasteiger partial charge in [0.15, 0.2) is 5.52 Å². The zero-order valence-electron chi connectivity index (χ0n) is 5.63. The molecule has 2 N–H and O–H groups in total. The van der Waals surface area contributed by atoms with Crippen molar-refractivity contribution in [2.24, 2.45) is 5.73 Å². The first-order chi connectivity index (χ1) is 4.09. The average Bonchev–Trinajstić information content (AvgIpc) is 1.84. The van der Waals surface area contributed by atoms with E-state index in [0.717, 1.165) is 0 Å². The SMILES string of the molecule is COC(C)C(N)C(=O)P. The van der Waals surface area contributed by atoms with Crippen molar-refractivity contribution in [3.8, 4) is 0 Å². The van der Waals surface area contributed by atoms with E-state index in [2.05, 4.69) is 0 Å². The molecular formula is C5H12NO2P. The molecule has 0 spiro atoms. The van der Waals surface area contributed by atoms with Crippen LogP contribution in [0.2, 0.25) is 0 Å². The fraction of sp³-hybridized carbons (Fsp3) is 0.800. The Morgan fingerprint density at radius 2 is 2.22 bits per heavy atom. The number of carbonyl (C=O) groups excluding carboxylic acids is 1. The molecule has 0 aromatic carbocycles. The zero-order valence-corrected chi connectivity index (χ0v) is 6.78. The van der Waals surface area contributed by atoms with Crippen LogP contribution in [0.5, 0.6) is 0 Å². The van der Waals surface area contributed by atoms with Gasteiger partial charge in [-0.3, -0.25) is 4.79 Å². The molecule has 3 unspecified atom stereocenters. The third-order valence-corrected chi connectivity index (χ3v) is 1.59. The molecule has 0 rings (SSSR count). The van der Waals surface area contributed by atoms with E-state index in [4.69, 9.17) is 10.5 Å². The second-order valence-electron chi connectivity index (χ2n) is 1.87. The summed E-state index contributed by atoms with van der Waals surface area (Å²) in [5, 5.41) is 0. The van der Waals surface area contributed by atoms with Crippen molar-refractivity contribution < 1.29 is 9.53 Å². The lowest BCUT2D eigenvalue weighted by molar-refractivity contribution is -0.114. The molecule has 0 bridgehead atoms. The molecule has 0 saturated heterocycles. The molecule has 3 atom stereocenters. The third kappa shape index (κ3) is 2.89. The smallest absolute Gasteiger partial charge is 0.167 e. The first kappa shape index (κ1) is 9.02. The van der Waals surface area contributed by atoms with Crippen molar-refractivity contribution in [2.45, 2.75) is 19.1 Å². The lowest BCUT2D eigenvalue weighted by atomic mass is 10.2. The number of rotatable bonds is 3. The van der Waals surface area contributed by atoms with Crippen LogP contribution in [-0.2, 0) is 9.53 Å². The Hall–Kier alpha value is 0.0200. The van der Waals surface area contributed by atoms with Crippen molar-refractivity contribution in [3.63, 3.8) is 0 Å². The second kappa shape index (κ2) is 3.94. The van der Waals surface area contributed by atoms with Gasteiger partial charge in [-0.25, -0.2) is 0 Å². The minimum absolute atomic E-state index is 0.121. The molecular weight excluding hydrogens is 137 g/mol. The largest absolute Gasteiger partial charge is 0.380 e. The minimum Gasteiger partial charge on any atom is -0.380 e. The summed E-state index contributed by atoms with van der Waals surface area (Å²) in [6.07, 6.45) is -0.199. The molecule has 54 valence electrons. The maximum absolute atomic E-state index is 10.5. The standard InChI is InChI=1S/C5H12NO2P/c1-3(8-2)4(6)5(7)9/h3-4H,6,9H2,1-2H3. The van der Waals surface area contributed by atoms with E-state index >= 15 is 0 Å². The number of hydrogen-bond donors (Lipinski definition) is 1. The van der Waals surface area contributed by atoms with Crippen molar-refractivity contribution in [2.75, 3.05) is 7.11 Å². The van der Waals surface area contributed by atoms with Crippen molar-refractivity contribution in [1.29, 1.82) is 0 Å². The second-order valence-corrected chi connectivity index (χ2v) is 2.44. The number of ether oxygens (including phenoxy) is 1. The monoisotopic (exact) mass is 149 g/mol. The highest BCUT2D eigenvalue weighted by Gasteiger charge is 2.15. The van der Waals surface area contributed by atoms with Crippen LogP contribution < -0.4 is 5.73 Å². The van der Waals surface area contributed by atoms with Gasteiger partial charge in [-0.05, 0) is 6.92 Å². The highest BCUT2D eigenvalue weighted by Crippen LogP contribution is 1.99. The molecule has 0 amide bonds. The van der Waals surface area contributed by atoms with Gasteiger partial charge in [0, 0.05) is 7.11 Å². The highest BCUT2D eigenvalue weighted by atomic mass is 31.0. The van der Waals surface area contributed by atoms with Gasteiger partial charge < -0.3 is 10.5 Å². The topological polar surface area (TPSA) is 52.3 Å². The van der Waals surface area contributed by atoms with Crippen molar-refractivity contribution in [1.82, 2.24) is 0 Å². The fourth-order valence-electron chi connectivity index (χ4n) is 0.378. The molecule has 4 heteroatoms. The summed E-state index contributed by atoms with van der Waals surface area (Å²) in [5.41, 5.74) is 5.25. The number of hydrogen-bond acceptors (Lipinski definition) is 3. The van der Waals surface area contributed by atoms with Crippen molar-refractivity contribution in [3.05, 3.63) is 0 Å². The predicted molar refractivity (Wildman–Crippen MR) is 39.2 cm³/mol. The molecule has 0 aromatic rings. The predicted octanol–water partition coefficient (Wildman–Crippen LogP) is -0.250. The van der Waals surface area contributed by atoms with E-state index in [9.17, 15) is 4.79 Å². The summed E-state index contributed by atoms with van der Waals surface area (Å²) in [6.45, 7) is 1.76. The van der Waals surface area contributed by atoms with Gasteiger partial charge in [0.05, 0.1) is 12.1 Å². The van der Waals surface area contributed by atoms with E-state index < -0.39 is 6.04 Å². The van der Waals surface area contributed by atoms with Crippen LogP contribution in [0.3, 0.4) is 0 Å². The Morgan fingerprint density at radius 1 is 1.78 bits per heavy atom. The summed E-state index contributed by atoms with van der Waals surface area (Å²) < 4.78 is 4.81. The number of carbonyl (C=O) groups is 1. The van der Waals surface area contributed by atoms with E-state index in [1.165, 1.54) is 7.11 Å². The Balaban J connectivity index is 3.72. The van der Waals surface area contributed by atoms with Gasteiger partial charge >= 0.3 is 0 Å². The summed E-state index contributed by atoms with van der Waals surface area (Å²) in [7, 11) is 3.55. The van der Waals surface area contributed by atoms with E-state index in [0.29, 0.717) is 0 Å². The van der Waals surface area contributed by atoms with Crippen LogP contribution in [0.15, 0.2) is 0 Å². The number of nitrogens with two attached hydrogens (primary N) is 1. The van der Waals surface area contributed by atoms with Crippen LogP contribution in [0.4, 0.5) is 0 Å². The maximum atomic E-state index is 10.5. The lowest BCUT2D eigenvalue weighted by Crippen LogP contribution is -2.38. The molecule has 3 nitrogen and oxygen atoms in total. The van der Waals surface area contributed by atoms with Crippen molar-refractivity contribution >= 4 is 14.8 Å². The Kier molecular flexibility index (Phi) is 3.95. The number of methoxy groups -OCH3 is 1. The molecule has 0 aromatic heterocycles. The van der Waals surface area contributed by atoms with Crippen LogP contribution in [0.25, 0.3) is 0 Å². The van der Waals surface area contributed by atoms with Crippen LogP contribution in [-0.4, -0.2) is 24.8 Å². The Bertz CT molecular complexity index is 107. The molecule has 0 fully saturated rings. The molecule has 0 heterocycles. The van der Waals surface area contributed by atoms with E-state index in [-0.39, 0.29) is 11.6 Å². The summed E-state index contributed by atoms with van der Waals surface area (Å²) >= 11 is 0.